The molecule has 0 aliphatic rings. The number of anilines is 3. The molecule has 0 amide bonds. The molecule has 0 spiro atoms. The van der Waals surface area contributed by atoms with Gasteiger partial charge in [0.05, 0.1) is 6.61 Å². The van der Waals surface area contributed by atoms with Gasteiger partial charge < -0.3 is 19.4 Å². The summed E-state index contributed by atoms with van der Waals surface area (Å²) in [5.41, 5.74) is 1.83. The molecule has 0 atom stereocenters. The van der Waals surface area contributed by atoms with E-state index in [0.717, 1.165) is 41.9 Å². The molecule has 126 valence electrons. The molecule has 0 aliphatic carbocycles. The number of aromatic nitrogens is 4. The van der Waals surface area contributed by atoms with Crippen LogP contribution >= 0.6 is 0 Å². The highest BCUT2D eigenvalue weighted by Crippen LogP contribution is 2.20. The molecule has 0 fully saturated rings. The highest BCUT2D eigenvalue weighted by molar-refractivity contribution is 5.63. The summed E-state index contributed by atoms with van der Waals surface area (Å²) in [6.45, 7) is 6.32. The Balaban J connectivity index is 1.84. The Kier molecular flexibility index (Phi) is 4.90. The van der Waals surface area contributed by atoms with Gasteiger partial charge in [0.15, 0.2) is 0 Å². The first kappa shape index (κ1) is 16.2. The SMILES string of the molecule is CCN(CCOC)c1cc(Nc2ccn3ccnc3c2)nc(C)n1. The first-order valence-corrected chi connectivity index (χ1v) is 7.99. The van der Waals surface area contributed by atoms with Crippen LogP contribution in [-0.4, -0.2) is 46.2 Å². The number of methoxy groups -OCH3 is 1. The predicted molar refractivity (Wildman–Crippen MR) is 95.0 cm³/mol. The molecular weight excluding hydrogens is 304 g/mol. The van der Waals surface area contributed by atoms with Crippen LogP contribution in [0.15, 0.2) is 36.8 Å². The molecule has 3 aromatic rings. The molecule has 24 heavy (non-hydrogen) atoms. The van der Waals surface area contributed by atoms with E-state index in [1.165, 1.54) is 0 Å². The molecule has 0 bridgehead atoms. The predicted octanol–water partition coefficient (Wildman–Crippen LogP) is 2.65. The van der Waals surface area contributed by atoms with Crippen molar-refractivity contribution in [3.8, 4) is 0 Å². The Labute approximate surface area is 141 Å². The molecule has 7 heteroatoms. The third-order valence-electron chi connectivity index (χ3n) is 3.77. The van der Waals surface area contributed by atoms with Crippen LogP contribution in [0, 0.1) is 6.92 Å². The number of likely N-dealkylation sites (N-methyl/N-ethyl adjacent to an activating group) is 1. The van der Waals surface area contributed by atoms with Crippen molar-refractivity contribution in [2.24, 2.45) is 0 Å². The quantitative estimate of drug-likeness (QED) is 0.720. The summed E-state index contributed by atoms with van der Waals surface area (Å²) in [6.07, 6.45) is 5.67. The number of nitrogens with zero attached hydrogens (tertiary/aromatic N) is 5. The van der Waals surface area contributed by atoms with Crippen molar-refractivity contribution in [3.05, 3.63) is 42.6 Å². The molecule has 0 radical (unpaired) electrons. The zero-order valence-electron chi connectivity index (χ0n) is 14.2. The lowest BCUT2D eigenvalue weighted by molar-refractivity contribution is 0.205. The minimum absolute atomic E-state index is 0.663. The van der Waals surface area contributed by atoms with Gasteiger partial charge in [0.1, 0.15) is 23.1 Å². The summed E-state index contributed by atoms with van der Waals surface area (Å²) in [7, 11) is 1.71. The summed E-state index contributed by atoms with van der Waals surface area (Å²) in [5.74, 6) is 2.39. The molecule has 7 nitrogen and oxygen atoms in total. The lowest BCUT2D eigenvalue weighted by Crippen LogP contribution is -2.28. The van der Waals surface area contributed by atoms with E-state index in [-0.39, 0.29) is 0 Å². The zero-order chi connectivity index (χ0) is 16.9. The number of aryl methyl sites for hydroxylation is 1. The molecule has 3 heterocycles. The van der Waals surface area contributed by atoms with E-state index in [4.69, 9.17) is 4.74 Å². The van der Waals surface area contributed by atoms with Crippen LogP contribution in [0.25, 0.3) is 5.65 Å². The maximum atomic E-state index is 5.18. The third kappa shape index (κ3) is 3.62. The molecule has 1 N–H and O–H groups in total. The monoisotopic (exact) mass is 326 g/mol. The summed E-state index contributed by atoms with van der Waals surface area (Å²) in [5, 5.41) is 3.34. The van der Waals surface area contributed by atoms with Gasteiger partial charge in [-0.1, -0.05) is 0 Å². The molecule has 3 aromatic heterocycles. The van der Waals surface area contributed by atoms with Gasteiger partial charge in [-0.15, -0.1) is 0 Å². The summed E-state index contributed by atoms with van der Waals surface area (Å²) in [6, 6.07) is 5.94. The lowest BCUT2D eigenvalue weighted by Gasteiger charge is -2.22. The van der Waals surface area contributed by atoms with Crippen LogP contribution in [-0.2, 0) is 4.74 Å². The Morgan fingerprint density at radius 1 is 1.25 bits per heavy atom. The Morgan fingerprint density at radius 2 is 2.12 bits per heavy atom. The van der Waals surface area contributed by atoms with Crippen LogP contribution in [0.5, 0.6) is 0 Å². The van der Waals surface area contributed by atoms with Crippen molar-refractivity contribution in [3.63, 3.8) is 0 Å². The van der Waals surface area contributed by atoms with Crippen LogP contribution in [0.4, 0.5) is 17.3 Å². The van der Waals surface area contributed by atoms with Gasteiger partial charge in [0.25, 0.3) is 0 Å². The van der Waals surface area contributed by atoms with Gasteiger partial charge in [-0.2, -0.15) is 0 Å². The van der Waals surface area contributed by atoms with Gasteiger partial charge in [-0.3, -0.25) is 0 Å². The second-order valence-corrected chi connectivity index (χ2v) is 5.46. The Hall–Kier alpha value is -2.67. The number of hydrogen-bond donors (Lipinski definition) is 1. The average Bonchev–Trinajstić information content (AvgIpc) is 3.03. The summed E-state index contributed by atoms with van der Waals surface area (Å²) < 4.78 is 7.14. The van der Waals surface area contributed by atoms with Crippen LogP contribution in [0.1, 0.15) is 12.7 Å². The highest BCUT2D eigenvalue weighted by atomic mass is 16.5. The molecule has 3 rings (SSSR count). The van der Waals surface area contributed by atoms with E-state index in [2.05, 4.69) is 32.1 Å². The molecule has 0 aliphatic heterocycles. The van der Waals surface area contributed by atoms with Crippen LogP contribution in [0.2, 0.25) is 0 Å². The highest BCUT2D eigenvalue weighted by Gasteiger charge is 2.09. The smallest absolute Gasteiger partial charge is 0.138 e. The van der Waals surface area contributed by atoms with Gasteiger partial charge in [-0.25, -0.2) is 15.0 Å². The number of pyridine rings is 1. The van der Waals surface area contributed by atoms with Crippen molar-refractivity contribution in [1.82, 2.24) is 19.4 Å². The maximum Gasteiger partial charge on any atom is 0.138 e. The molecule has 0 saturated heterocycles. The number of hydrogen-bond acceptors (Lipinski definition) is 6. The second kappa shape index (κ2) is 7.27. The van der Waals surface area contributed by atoms with E-state index in [1.54, 1.807) is 13.3 Å². The summed E-state index contributed by atoms with van der Waals surface area (Å²) >= 11 is 0. The minimum Gasteiger partial charge on any atom is -0.383 e. The fourth-order valence-corrected chi connectivity index (χ4v) is 2.55. The van der Waals surface area contributed by atoms with Gasteiger partial charge in [0.2, 0.25) is 0 Å². The fourth-order valence-electron chi connectivity index (χ4n) is 2.55. The van der Waals surface area contributed by atoms with E-state index < -0.39 is 0 Å². The fraction of sp³-hybridized carbons (Fsp3) is 0.353. The van der Waals surface area contributed by atoms with Crippen molar-refractivity contribution >= 4 is 23.0 Å². The normalized spacial score (nSPS) is 11.0. The van der Waals surface area contributed by atoms with Crippen molar-refractivity contribution < 1.29 is 4.74 Å². The maximum absolute atomic E-state index is 5.18. The Bertz CT molecular complexity index is 816. The van der Waals surface area contributed by atoms with Crippen molar-refractivity contribution in [1.29, 1.82) is 0 Å². The van der Waals surface area contributed by atoms with E-state index in [0.29, 0.717) is 6.61 Å². The van der Waals surface area contributed by atoms with E-state index in [1.807, 2.05) is 41.9 Å². The van der Waals surface area contributed by atoms with Gasteiger partial charge in [0, 0.05) is 56.6 Å². The number of rotatable bonds is 7. The number of fused-ring (bicyclic) bond motifs is 1. The number of ether oxygens (including phenoxy) is 1. The van der Waals surface area contributed by atoms with Crippen LogP contribution < -0.4 is 10.2 Å². The molecular formula is C17H22N6O. The second-order valence-electron chi connectivity index (χ2n) is 5.46. The zero-order valence-corrected chi connectivity index (χ0v) is 14.2. The standard InChI is InChI=1S/C17H22N6O/c1-4-22(9-10-24-3)17-12-15(19-13(2)20-17)21-14-5-7-23-8-6-18-16(23)11-14/h5-8,11-12H,4,9-10H2,1-3H3,(H,19,20,21). The number of nitrogens with one attached hydrogen (secondary N) is 1. The third-order valence-corrected chi connectivity index (χ3v) is 3.77. The summed E-state index contributed by atoms with van der Waals surface area (Å²) in [4.78, 5) is 15.5. The van der Waals surface area contributed by atoms with Crippen molar-refractivity contribution in [2.75, 3.05) is 37.0 Å². The Morgan fingerprint density at radius 3 is 2.92 bits per heavy atom. The average molecular weight is 326 g/mol. The van der Waals surface area contributed by atoms with Crippen molar-refractivity contribution in [2.45, 2.75) is 13.8 Å². The van der Waals surface area contributed by atoms with Crippen LogP contribution in [0.3, 0.4) is 0 Å². The topological polar surface area (TPSA) is 67.6 Å². The first-order valence-electron chi connectivity index (χ1n) is 7.99. The molecule has 0 saturated carbocycles. The minimum atomic E-state index is 0.663. The van der Waals surface area contributed by atoms with E-state index in [9.17, 15) is 0 Å². The van der Waals surface area contributed by atoms with E-state index >= 15 is 0 Å². The number of imidazole rings is 1. The lowest BCUT2D eigenvalue weighted by atomic mass is 10.3. The van der Waals surface area contributed by atoms with Gasteiger partial charge in [-0.05, 0) is 19.9 Å². The largest absolute Gasteiger partial charge is 0.383 e. The molecule has 0 aromatic carbocycles. The first-order chi connectivity index (χ1) is 11.7. The molecule has 0 unspecified atom stereocenters. The van der Waals surface area contributed by atoms with Gasteiger partial charge >= 0.3 is 0 Å².